The highest BCUT2D eigenvalue weighted by Crippen LogP contribution is 2.07. The molecule has 0 unspecified atom stereocenters. The number of carbonyl (C=O) groups excluding carboxylic acids is 1. The number of aryl methyl sites for hydroxylation is 2. The average Bonchev–Trinajstić information content (AvgIpc) is 2.99. The smallest absolute Gasteiger partial charge is 0.347 e. The Morgan fingerprint density at radius 3 is 2.76 bits per heavy atom. The maximum absolute atomic E-state index is 12.4. The van der Waals surface area contributed by atoms with Crippen molar-refractivity contribution in [3.8, 4) is 0 Å². The Bertz CT molecular complexity index is 783. The lowest BCUT2D eigenvalue weighted by atomic mass is 10.3. The fourth-order valence-electron chi connectivity index (χ4n) is 2.49. The van der Waals surface area contributed by atoms with Crippen LogP contribution in [0.2, 0.25) is 0 Å². The SMILES string of the molecule is CCN(Cc1nc(COC)no1)C(=O)CCn1c(C)cc(C)nc1=O. The molecule has 0 N–H and O–H groups in total. The molecular weight excluding hydrogens is 326 g/mol. The predicted octanol–water partition coefficient (Wildman–Crippen LogP) is 0.828. The molecule has 0 saturated carbocycles. The summed E-state index contributed by atoms with van der Waals surface area (Å²) in [5, 5.41) is 3.77. The van der Waals surface area contributed by atoms with E-state index in [-0.39, 0.29) is 37.7 Å². The van der Waals surface area contributed by atoms with E-state index in [9.17, 15) is 9.59 Å². The summed E-state index contributed by atoms with van der Waals surface area (Å²) in [5.41, 5.74) is 1.12. The van der Waals surface area contributed by atoms with Gasteiger partial charge in [-0.15, -0.1) is 0 Å². The van der Waals surface area contributed by atoms with Gasteiger partial charge >= 0.3 is 5.69 Å². The van der Waals surface area contributed by atoms with Gasteiger partial charge in [0.05, 0.1) is 6.54 Å². The molecule has 0 spiro atoms. The van der Waals surface area contributed by atoms with Gasteiger partial charge in [0.15, 0.2) is 5.82 Å². The normalized spacial score (nSPS) is 10.9. The van der Waals surface area contributed by atoms with Crippen LogP contribution in [0.5, 0.6) is 0 Å². The zero-order valence-corrected chi connectivity index (χ0v) is 15.0. The Morgan fingerprint density at radius 1 is 1.36 bits per heavy atom. The first kappa shape index (κ1) is 18.8. The molecule has 2 aromatic heterocycles. The number of aromatic nitrogens is 4. The summed E-state index contributed by atoms with van der Waals surface area (Å²) in [4.78, 5) is 34.1. The molecule has 1 amide bonds. The number of ether oxygens (including phenoxy) is 1. The monoisotopic (exact) mass is 349 g/mol. The number of hydrogen-bond acceptors (Lipinski definition) is 7. The van der Waals surface area contributed by atoms with Crippen molar-refractivity contribution in [3.63, 3.8) is 0 Å². The molecule has 0 saturated heterocycles. The third-order valence-corrected chi connectivity index (χ3v) is 3.74. The Hall–Kier alpha value is -2.55. The van der Waals surface area contributed by atoms with E-state index in [1.807, 2.05) is 19.9 Å². The molecule has 2 rings (SSSR count). The Labute approximate surface area is 145 Å². The van der Waals surface area contributed by atoms with Crippen LogP contribution in [0.3, 0.4) is 0 Å². The molecule has 9 heteroatoms. The molecule has 136 valence electrons. The van der Waals surface area contributed by atoms with Crippen LogP contribution in [0.25, 0.3) is 0 Å². The van der Waals surface area contributed by atoms with Crippen molar-refractivity contribution in [3.05, 3.63) is 39.7 Å². The van der Waals surface area contributed by atoms with Crippen LogP contribution >= 0.6 is 0 Å². The standard InChI is InChI=1S/C16H23N5O4/c1-5-20(9-14-18-13(10-24-4)19-25-14)15(22)6-7-21-12(3)8-11(2)17-16(21)23/h8H,5-7,9-10H2,1-4H3. The largest absolute Gasteiger partial charge is 0.377 e. The lowest BCUT2D eigenvalue weighted by Crippen LogP contribution is -2.33. The molecule has 0 aliphatic rings. The van der Waals surface area contributed by atoms with E-state index in [4.69, 9.17) is 9.26 Å². The lowest BCUT2D eigenvalue weighted by Gasteiger charge is -2.19. The van der Waals surface area contributed by atoms with E-state index in [1.54, 1.807) is 18.9 Å². The van der Waals surface area contributed by atoms with Crippen LogP contribution in [-0.2, 0) is 29.2 Å². The second-order valence-electron chi connectivity index (χ2n) is 5.67. The zero-order chi connectivity index (χ0) is 18.4. The molecule has 0 radical (unpaired) electrons. The number of hydrogen-bond donors (Lipinski definition) is 0. The molecule has 0 atom stereocenters. The minimum absolute atomic E-state index is 0.0964. The Morgan fingerprint density at radius 2 is 2.12 bits per heavy atom. The number of carbonyl (C=O) groups is 1. The van der Waals surface area contributed by atoms with E-state index in [2.05, 4.69) is 15.1 Å². The molecular formula is C16H23N5O4. The molecule has 0 aliphatic carbocycles. The van der Waals surface area contributed by atoms with Gasteiger partial charge in [-0.05, 0) is 26.8 Å². The first-order valence-electron chi connectivity index (χ1n) is 8.07. The van der Waals surface area contributed by atoms with E-state index in [0.717, 1.165) is 5.69 Å². The predicted molar refractivity (Wildman–Crippen MR) is 88.7 cm³/mol. The van der Waals surface area contributed by atoms with Crippen LogP contribution in [-0.4, -0.2) is 44.2 Å². The van der Waals surface area contributed by atoms with Gasteiger partial charge in [-0.3, -0.25) is 9.36 Å². The average molecular weight is 349 g/mol. The van der Waals surface area contributed by atoms with Crippen LogP contribution in [0.15, 0.2) is 15.4 Å². The highest BCUT2D eigenvalue weighted by atomic mass is 16.5. The summed E-state index contributed by atoms with van der Waals surface area (Å²) in [7, 11) is 1.54. The van der Waals surface area contributed by atoms with Gasteiger partial charge < -0.3 is 14.2 Å². The van der Waals surface area contributed by atoms with Crippen molar-refractivity contribution in [2.75, 3.05) is 13.7 Å². The van der Waals surface area contributed by atoms with Gasteiger partial charge in [0.25, 0.3) is 0 Å². The quantitative estimate of drug-likeness (QED) is 0.695. The third-order valence-electron chi connectivity index (χ3n) is 3.74. The maximum Gasteiger partial charge on any atom is 0.347 e. The Kier molecular flexibility index (Phi) is 6.40. The summed E-state index contributed by atoms with van der Waals surface area (Å²) < 4.78 is 11.6. The van der Waals surface area contributed by atoms with Crippen molar-refractivity contribution >= 4 is 5.91 Å². The van der Waals surface area contributed by atoms with Gasteiger partial charge in [0.2, 0.25) is 11.8 Å². The fraction of sp³-hybridized carbons (Fsp3) is 0.562. The van der Waals surface area contributed by atoms with Gasteiger partial charge in [0, 0.05) is 38.0 Å². The van der Waals surface area contributed by atoms with Crippen molar-refractivity contribution in [2.45, 2.75) is 46.9 Å². The van der Waals surface area contributed by atoms with E-state index < -0.39 is 0 Å². The summed E-state index contributed by atoms with van der Waals surface area (Å²) in [5.74, 6) is 0.697. The molecule has 0 bridgehead atoms. The van der Waals surface area contributed by atoms with Crippen LogP contribution in [0, 0.1) is 13.8 Å². The summed E-state index contributed by atoms with van der Waals surface area (Å²) in [6, 6.07) is 1.82. The molecule has 25 heavy (non-hydrogen) atoms. The number of rotatable bonds is 8. The highest BCUT2D eigenvalue weighted by Gasteiger charge is 2.17. The molecule has 0 aliphatic heterocycles. The van der Waals surface area contributed by atoms with Crippen LogP contribution in [0.4, 0.5) is 0 Å². The van der Waals surface area contributed by atoms with Crippen LogP contribution < -0.4 is 5.69 Å². The molecule has 0 fully saturated rings. The number of methoxy groups -OCH3 is 1. The zero-order valence-electron chi connectivity index (χ0n) is 15.0. The molecule has 9 nitrogen and oxygen atoms in total. The summed E-state index contributed by atoms with van der Waals surface area (Å²) in [6.45, 7) is 6.74. The molecule has 2 aromatic rings. The minimum atomic E-state index is -0.338. The molecule has 2 heterocycles. The van der Waals surface area contributed by atoms with Crippen molar-refractivity contribution < 1.29 is 14.1 Å². The van der Waals surface area contributed by atoms with Gasteiger partial charge in [0.1, 0.15) is 6.61 Å². The van der Waals surface area contributed by atoms with Gasteiger partial charge in [-0.1, -0.05) is 5.16 Å². The van der Waals surface area contributed by atoms with Crippen molar-refractivity contribution in [1.82, 2.24) is 24.6 Å². The Balaban J connectivity index is 1.99. The van der Waals surface area contributed by atoms with Crippen LogP contribution in [0.1, 0.15) is 36.4 Å². The minimum Gasteiger partial charge on any atom is -0.377 e. The third kappa shape index (κ3) is 4.96. The topological polar surface area (TPSA) is 103 Å². The summed E-state index contributed by atoms with van der Waals surface area (Å²) >= 11 is 0. The van der Waals surface area contributed by atoms with Crippen molar-refractivity contribution in [2.24, 2.45) is 0 Å². The number of nitrogens with zero attached hydrogens (tertiary/aromatic N) is 5. The number of amides is 1. The highest BCUT2D eigenvalue weighted by molar-refractivity contribution is 5.75. The van der Waals surface area contributed by atoms with E-state index in [1.165, 1.54) is 4.57 Å². The lowest BCUT2D eigenvalue weighted by molar-refractivity contribution is -0.132. The maximum atomic E-state index is 12.4. The van der Waals surface area contributed by atoms with Crippen molar-refractivity contribution in [1.29, 1.82) is 0 Å². The molecule has 0 aromatic carbocycles. The first-order valence-corrected chi connectivity index (χ1v) is 8.07. The summed E-state index contributed by atoms with van der Waals surface area (Å²) in [6.07, 6.45) is 0.193. The fourth-order valence-corrected chi connectivity index (χ4v) is 2.49. The van der Waals surface area contributed by atoms with Gasteiger partial charge in [-0.25, -0.2) is 4.79 Å². The second kappa shape index (κ2) is 8.52. The van der Waals surface area contributed by atoms with Gasteiger partial charge in [-0.2, -0.15) is 9.97 Å². The second-order valence-corrected chi connectivity index (χ2v) is 5.67. The first-order chi connectivity index (χ1) is 11.9. The van der Waals surface area contributed by atoms with E-state index >= 15 is 0 Å². The van der Waals surface area contributed by atoms with E-state index in [0.29, 0.717) is 24.0 Å².